The normalized spacial score (nSPS) is 19.1. The summed E-state index contributed by atoms with van der Waals surface area (Å²) in [6, 6.07) is 4.38. The molecule has 1 heterocycles. The van der Waals surface area contributed by atoms with E-state index in [1.165, 1.54) is 25.4 Å². The molecule has 3 rings (SSSR count). The van der Waals surface area contributed by atoms with Gasteiger partial charge in [0.1, 0.15) is 11.1 Å². The SMILES string of the molecule is COC(=O)c1ccc(N)c(NC2CCC(Oc3ncc(Cl)cc3Cl)CC2)c1F. The van der Waals surface area contributed by atoms with Crippen molar-refractivity contribution in [2.75, 3.05) is 18.2 Å². The Morgan fingerprint density at radius 2 is 2.00 bits per heavy atom. The Hall–Kier alpha value is -2.25. The maximum atomic E-state index is 14.7. The van der Waals surface area contributed by atoms with Crippen LogP contribution in [0.4, 0.5) is 15.8 Å². The maximum Gasteiger partial charge on any atom is 0.340 e. The van der Waals surface area contributed by atoms with Gasteiger partial charge in [0, 0.05) is 12.2 Å². The van der Waals surface area contributed by atoms with Crippen molar-refractivity contribution >= 4 is 40.5 Å². The molecule has 28 heavy (non-hydrogen) atoms. The Morgan fingerprint density at radius 3 is 2.64 bits per heavy atom. The third-order valence-corrected chi connectivity index (χ3v) is 5.13. The second kappa shape index (κ2) is 8.84. The summed E-state index contributed by atoms with van der Waals surface area (Å²) in [6.45, 7) is 0. The minimum absolute atomic E-state index is 0.00167. The van der Waals surface area contributed by atoms with Crippen molar-refractivity contribution in [2.24, 2.45) is 0 Å². The molecule has 0 saturated heterocycles. The van der Waals surface area contributed by atoms with Crippen LogP contribution in [0.3, 0.4) is 0 Å². The molecule has 150 valence electrons. The number of methoxy groups -OCH3 is 1. The number of nitrogens with zero attached hydrogens (tertiary/aromatic N) is 1. The highest BCUT2D eigenvalue weighted by Crippen LogP contribution is 2.32. The summed E-state index contributed by atoms with van der Waals surface area (Å²) < 4.78 is 25.1. The molecule has 9 heteroatoms. The lowest BCUT2D eigenvalue weighted by atomic mass is 9.92. The second-order valence-corrected chi connectivity index (χ2v) is 7.40. The summed E-state index contributed by atoms with van der Waals surface area (Å²) in [5.41, 5.74) is 6.10. The van der Waals surface area contributed by atoms with E-state index in [0.29, 0.717) is 15.9 Å². The van der Waals surface area contributed by atoms with Crippen LogP contribution in [0.1, 0.15) is 36.0 Å². The van der Waals surface area contributed by atoms with Crippen LogP contribution in [0.15, 0.2) is 24.4 Å². The van der Waals surface area contributed by atoms with Crippen molar-refractivity contribution in [2.45, 2.75) is 37.8 Å². The zero-order valence-corrected chi connectivity index (χ0v) is 16.7. The number of hydrogen-bond donors (Lipinski definition) is 2. The Kier molecular flexibility index (Phi) is 6.46. The number of ether oxygens (including phenoxy) is 2. The van der Waals surface area contributed by atoms with Gasteiger partial charge in [-0.15, -0.1) is 0 Å². The first-order valence-electron chi connectivity index (χ1n) is 8.79. The van der Waals surface area contributed by atoms with Gasteiger partial charge in [0.15, 0.2) is 5.82 Å². The molecule has 1 fully saturated rings. The van der Waals surface area contributed by atoms with Crippen LogP contribution in [0.2, 0.25) is 10.0 Å². The number of hydrogen-bond acceptors (Lipinski definition) is 6. The van der Waals surface area contributed by atoms with E-state index in [1.807, 2.05) is 0 Å². The van der Waals surface area contributed by atoms with Gasteiger partial charge in [0.25, 0.3) is 0 Å². The van der Waals surface area contributed by atoms with Gasteiger partial charge in [0.2, 0.25) is 5.88 Å². The van der Waals surface area contributed by atoms with Gasteiger partial charge in [0.05, 0.1) is 29.1 Å². The van der Waals surface area contributed by atoms with Crippen LogP contribution < -0.4 is 15.8 Å². The predicted molar refractivity (Wildman–Crippen MR) is 107 cm³/mol. The van der Waals surface area contributed by atoms with E-state index in [1.54, 1.807) is 6.07 Å². The summed E-state index contributed by atoms with van der Waals surface area (Å²) in [6.07, 6.45) is 4.37. The van der Waals surface area contributed by atoms with E-state index < -0.39 is 11.8 Å². The molecule has 0 spiro atoms. The highest BCUT2D eigenvalue weighted by Gasteiger charge is 2.26. The third-order valence-electron chi connectivity index (χ3n) is 4.65. The molecular weight excluding hydrogens is 408 g/mol. The number of nitrogen functional groups attached to an aromatic ring is 1. The number of esters is 1. The fraction of sp³-hybridized carbons (Fsp3) is 0.368. The fourth-order valence-electron chi connectivity index (χ4n) is 3.18. The van der Waals surface area contributed by atoms with Crippen LogP contribution in [-0.2, 0) is 4.74 Å². The molecule has 1 saturated carbocycles. The van der Waals surface area contributed by atoms with Gasteiger partial charge in [-0.05, 0) is 43.9 Å². The van der Waals surface area contributed by atoms with E-state index in [0.717, 1.165) is 25.7 Å². The van der Waals surface area contributed by atoms with Crippen molar-refractivity contribution in [3.05, 3.63) is 45.8 Å². The monoisotopic (exact) mass is 427 g/mol. The number of anilines is 2. The van der Waals surface area contributed by atoms with Crippen LogP contribution in [-0.4, -0.2) is 30.2 Å². The Morgan fingerprint density at radius 1 is 1.29 bits per heavy atom. The number of rotatable bonds is 5. The van der Waals surface area contributed by atoms with E-state index in [9.17, 15) is 9.18 Å². The van der Waals surface area contributed by atoms with Crippen LogP contribution in [0, 0.1) is 5.82 Å². The van der Waals surface area contributed by atoms with Gasteiger partial charge in [-0.1, -0.05) is 23.2 Å². The minimum atomic E-state index is -0.745. The van der Waals surface area contributed by atoms with Crippen LogP contribution in [0.5, 0.6) is 5.88 Å². The van der Waals surface area contributed by atoms with Gasteiger partial charge < -0.3 is 20.5 Å². The van der Waals surface area contributed by atoms with Gasteiger partial charge >= 0.3 is 5.97 Å². The minimum Gasteiger partial charge on any atom is -0.473 e. The molecule has 6 nitrogen and oxygen atoms in total. The lowest BCUT2D eigenvalue weighted by molar-refractivity contribution is 0.0595. The molecule has 0 amide bonds. The molecule has 0 atom stereocenters. The summed E-state index contributed by atoms with van der Waals surface area (Å²) in [5, 5.41) is 3.92. The van der Waals surface area contributed by atoms with Crippen molar-refractivity contribution in [3.63, 3.8) is 0 Å². The average Bonchev–Trinajstić information content (AvgIpc) is 2.68. The van der Waals surface area contributed by atoms with Crippen molar-refractivity contribution in [1.29, 1.82) is 0 Å². The Labute approximate surface area is 172 Å². The molecule has 2 aromatic rings. The number of nitrogens with one attached hydrogen (secondary N) is 1. The fourth-order valence-corrected chi connectivity index (χ4v) is 3.61. The van der Waals surface area contributed by atoms with Gasteiger partial charge in [-0.3, -0.25) is 0 Å². The van der Waals surface area contributed by atoms with Gasteiger partial charge in [-0.2, -0.15) is 0 Å². The molecule has 0 unspecified atom stereocenters. The summed E-state index contributed by atoms with van der Waals surface area (Å²) in [5.74, 6) is -1.10. The van der Waals surface area contributed by atoms with E-state index >= 15 is 0 Å². The summed E-state index contributed by atoms with van der Waals surface area (Å²) >= 11 is 11.9. The van der Waals surface area contributed by atoms with Crippen molar-refractivity contribution in [3.8, 4) is 5.88 Å². The van der Waals surface area contributed by atoms with Gasteiger partial charge in [-0.25, -0.2) is 14.2 Å². The zero-order valence-electron chi connectivity index (χ0n) is 15.2. The number of carbonyl (C=O) groups is 1. The average molecular weight is 428 g/mol. The Bertz CT molecular complexity index is 874. The molecule has 1 aromatic carbocycles. The highest BCUT2D eigenvalue weighted by atomic mass is 35.5. The number of nitrogens with two attached hydrogens (primary N) is 1. The Balaban J connectivity index is 1.62. The zero-order chi connectivity index (χ0) is 20.3. The lowest BCUT2D eigenvalue weighted by Gasteiger charge is -2.30. The van der Waals surface area contributed by atoms with E-state index in [4.69, 9.17) is 33.7 Å². The van der Waals surface area contributed by atoms with Crippen LogP contribution in [0.25, 0.3) is 0 Å². The highest BCUT2D eigenvalue weighted by molar-refractivity contribution is 6.35. The first-order valence-corrected chi connectivity index (χ1v) is 9.55. The topological polar surface area (TPSA) is 86.5 Å². The van der Waals surface area contributed by atoms with Crippen molar-refractivity contribution < 1.29 is 18.7 Å². The second-order valence-electron chi connectivity index (χ2n) is 6.56. The third kappa shape index (κ3) is 4.59. The number of halogens is 3. The lowest BCUT2D eigenvalue weighted by Crippen LogP contribution is -2.32. The standard InChI is InChI=1S/C19H20Cl2FN3O3/c1-27-19(26)13-6-7-15(23)17(16(13)22)25-11-2-4-12(5-3-11)28-18-14(21)8-10(20)9-24-18/h6-9,11-12,25H,2-5,23H2,1H3. The molecule has 1 aliphatic carbocycles. The van der Waals surface area contributed by atoms with E-state index in [-0.39, 0.29) is 29.1 Å². The number of carbonyl (C=O) groups excluding carboxylic acids is 1. The molecule has 0 bridgehead atoms. The summed E-state index contributed by atoms with van der Waals surface area (Å²) in [7, 11) is 1.20. The summed E-state index contributed by atoms with van der Waals surface area (Å²) in [4.78, 5) is 15.8. The van der Waals surface area contributed by atoms with Crippen molar-refractivity contribution in [1.82, 2.24) is 4.98 Å². The number of aromatic nitrogens is 1. The first kappa shape index (κ1) is 20.5. The number of benzene rings is 1. The first-order chi connectivity index (χ1) is 13.4. The molecular formula is C19H20Cl2FN3O3. The van der Waals surface area contributed by atoms with Crippen LogP contribution >= 0.6 is 23.2 Å². The molecule has 0 aliphatic heterocycles. The van der Waals surface area contributed by atoms with E-state index in [2.05, 4.69) is 15.0 Å². The molecule has 1 aliphatic rings. The quantitative estimate of drug-likeness (QED) is 0.531. The largest absolute Gasteiger partial charge is 0.473 e. The molecule has 0 radical (unpaired) electrons. The molecule has 3 N–H and O–H groups in total. The smallest absolute Gasteiger partial charge is 0.340 e. The maximum absolute atomic E-state index is 14.7. The predicted octanol–water partition coefficient (Wildman–Crippen LogP) is 4.70. The molecule has 1 aromatic heterocycles. The number of pyridine rings is 1.